The van der Waals surface area contributed by atoms with Gasteiger partial charge in [-0.15, -0.1) is 0 Å². The van der Waals surface area contributed by atoms with Crippen molar-refractivity contribution < 1.29 is 36.3 Å². The minimum atomic E-state index is -3.96. The van der Waals surface area contributed by atoms with Gasteiger partial charge >= 0.3 is 5.97 Å². The van der Waals surface area contributed by atoms with Crippen molar-refractivity contribution >= 4 is 40.8 Å². The smallest absolute Gasteiger partial charge is 0.337 e. The number of esters is 1. The maximum atomic E-state index is 13.6. The highest BCUT2D eigenvalue weighted by Crippen LogP contribution is 2.45. The summed E-state index contributed by atoms with van der Waals surface area (Å²) in [6, 6.07) is 8.00. The number of rotatable bonds is 10. The third-order valence-corrected chi connectivity index (χ3v) is 10.4. The molecule has 0 amide bonds. The van der Waals surface area contributed by atoms with Crippen LogP contribution in [-0.2, 0) is 32.6 Å². The maximum Gasteiger partial charge on any atom is 0.337 e. The first kappa shape index (κ1) is 31.3. The van der Waals surface area contributed by atoms with Crippen molar-refractivity contribution in [3.05, 3.63) is 30.3 Å². The van der Waals surface area contributed by atoms with E-state index < -0.39 is 69.9 Å². The first-order valence-corrected chi connectivity index (χ1v) is 24.1. The molecule has 1 fully saturated rings. The largest absolute Gasteiger partial charge is 0.467 e. The van der Waals surface area contributed by atoms with Crippen LogP contribution in [0.5, 0.6) is 0 Å². The van der Waals surface area contributed by atoms with E-state index in [1.54, 1.807) is 18.2 Å². The SMILES string of the molecule is COC(=O)[C@@]1(O[Si](C)(C)C)C[C@@H](O[Si](C)(C)C)[C@H](O[Si](C)(C)C)[C@](O)(CS(=O)(=O)c2ccccc2)C1. The van der Waals surface area contributed by atoms with Gasteiger partial charge in [-0.05, 0) is 71.1 Å². The van der Waals surface area contributed by atoms with Crippen molar-refractivity contribution in [2.24, 2.45) is 0 Å². The molecule has 0 aromatic heterocycles. The Hall–Kier alpha value is -0.869. The average molecular weight is 577 g/mol. The summed E-state index contributed by atoms with van der Waals surface area (Å²) in [7, 11) is -9.59. The first-order chi connectivity index (χ1) is 16.1. The van der Waals surface area contributed by atoms with Gasteiger partial charge in [0.05, 0.1) is 30.0 Å². The number of ether oxygens (including phenoxy) is 1. The number of hydrogen-bond acceptors (Lipinski definition) is 8. The normalized spacial score (nSPS) is 28.1. The number of benzene rings is 1. The summed E-state index contributed by atoms with van der Waals surface area (Å²) in [6.45, 7) is 17.8. The molecule has 1 N–H and O–H groups in total. The lowest BCUT2D eigenvalue weighted by molar-refractivity contribution is -0.200. The molecule has 2 rings (SSSR count). The topological polar surface area (TPSA) is 108 Å². The molecular weight excluding hydrogens is 533 g/mol. The third-order valence-electron chi connectivity index (χ3n) is 5.58. The molecule has 0 radical (unpaired) electrons. The van der Waals surface area contributed by atoms with Crippen molar-refractivity contribution in [3.63, 3.8) is 0 Å². The van der Waals surface area contributed by atoms with E-state index in [0.717, 1.165) is 0 Å². The number of carbonyl (C=O) groups is 1. The van der Waals surface area contributed by atoms with E-state index >= 15 is 0 Å². The van der Waals surface area contributed by atoms with Gasteiger partial charge in [-0.3, -0.25) is 0 Å². The van der Waals surface area contributed by atoms with Crippen LogP contribution in [-0.4, -0.2) is 80.7 Å². The molecule has 1 saturated carbocycles. The summed E-state index contributed by atoms with van der Waals surface area (Å²) in [5.74, 6) is -1.28. The van der Waals surface area contributed by atoms with Gasteiger partial charge in [0.2, 0.25) is 0 Å². The molecule has 1 aliphatic carbocycles. The summed E-state index contributed by atoms with van der Waals surface area (Å²) < 4.78 is 51.8. The second kappa shape index (κ2) is 10.7. The van der Waals surface area contributed by atoms with Crippen LogP contribution in [0.15, 0.2) is 35.2 Å². The van der Waals surface area contributed by atoms with Gasteiger partial charge in [-0.25, -0.2) is 13.2 Å². The van der Waals surface area contributed by atoms with E-state index in [-0.39, 0.29) is 17.7 Å². The fraction of sp³-hybridized carbons (Fsp3) is 0.708. The van der Waals surface area contributed by atoms with Gasteiger partial charge in [-0.2, -0.15) is 0 Å². The molecule has 0 heterocycles. The molecule has 1 aromatic carbocycles. The van der Waals surface area contributed by atoms with Crippen molar-refractivity contribution in [2.45, 2.75) is 100 Å². The molecular formula is C24H44O8SSi3. The van der Waals surface area contributed by atoms with E-state index in [2.05, 4.69) is 0 Å². The number of carbonyl (C=O) groups excluding carboxylic acids is 1. The minimum Gasteiger partial charge on any atom is -0.467 e. The molecule has 8 nitrogen and oxygen atoms in total. The summed E-state index contributed by atoms with van der Waals surface area (Å²) in [4.78, 5) is 13.4. The Morgan fingerprint density at radius 3 is 1.92 bits per heavy atom. The molecule has 0 unspecified atom stereocenters. The Bertz CT molecular complexity index is 1010. The number of aliphatic hydroxyl groups is 1. The van der Waals surface area contributed by atoms with Crippen LogP contribution in [0.25, 0.3) is 0 Å². The van der Waals surface area contributed by atoms with E-state index in [9.17, 15) is 18.3 Å². The lowest BCUT2D eigenvalue weighted by Crippen LogP contribution is -2.70. The zero-order valence-electron chi connectivity index (χ0n) is 23.4. The Kier molecular flexibility index (Phi) is 9.33. The highest BCUT2D eigenvalue weighted by atomic mass is 32.2. The van der Waals surface area contributed by atoms with E-state index in [1.807, 2.05) is 58.9 Å². The highest BCUT2D eigenvalue weighted by Gasteiger charge is 2.62. The molecule has 4 atom stereocenters. The van der Waals surface area contributed by atoms with Gasteiger partial charge in [0, 0.05) is 12.8 Å². The molecule has 0 bridgehead atoms. The van der Waals surface area contributed by atoms with Crippen LogP contribution in [0.1, 0.15) is 12.8 Å². The molecule has 0 saturated heterocycles. The van der Waals surface area contributed by atoms with E-state index in [4.69, 9.17) is 18.0 Å². The van der Waals surface area contributed by atoms with Crippen LogP contribution >= 0.6 is 0 Å². The zero-order valence-corrected chi connectivity index (χ0v) is 27.2. The minimum absolute atomic E-state index is 0.0909. The van der Waals surface area contributed by atoms with Crippen molar-refractivity contribution in [1.29, 1.82) is 0 Å². The second-order valence-corrected chi connectivity index (χ2v) is 28.0. The highest BCUT2D eigenvalue weighted by molar-refractivity contribution is 7.91. The fourth-order valence-electron chi connectivity index (χ4n) is 4.79. The third kappa shape index (κ3) is 8.32. The number of methoxy groups -OCH3 is 1. The molecule has 0 spiro atoms. The van der Waals surface area contributed by atoms with Gasteiger partial charge < -0.3 is 23.1 Å². The number of sulfone groups is 1. The Balaban J connectivity index is 2.75. The van der Waals surface area contributed by atoms with Gasteiger partial charge in [0.25, 0.3) is 0 Å². The lowest BCUT2D eigenvalue weighted by atomic mass is 9.72. The Morgan fingerprint density at radius 1 is 0.944 bits per heavy atom. The van der Waals surface area contributed by atoms with Crippen LogP contribution in [0.3, 0.4) is 0 Å². The van der Waals surface area contributed by atoms with Gasteiger partial charge in [0.15, 0.2) is 40.4 Å². The molecule has 0 aliphatic heterocycles. The van der Waals surface area contributed by atoms with Crippen molar-refractivity contribution in [3.8, 4) is 0 Å². The maximum absolute atomic E-state index is 13.6. The quantitative estimate of drug-likeness (QED) is 0.326. The summed E-state index contributed by atoms with van der Waals surface area (Å²) >= 11 is 0. The average Bonchev–Trinajstić information content (AvgIpc) is 2.67. The monoisotopic (exact) mass is 576 g/mol. The molecule has 206 valence electrons. The van der Waals surface area contributed by atoms with Crippen molar-refractivity contribution in [1.82, 2.24) is 0 Å². The first-order valence-electron chi connectivity index (χ1n) is 12.3. The van der Waals surface area contributed by atoms with Gasteiger partial charge in [0.1, 0.15) is 5.60 Å². The van der Waals surface area contributed by atoms with Gasteiger partial charge in [-0.1, -0.05) is 18.2 Å². The predicted octanol–water partition coefficient (Wildman–Crippen LogP) is 4.19. The molecule has 36 heavy (non-hydrogen) atoms. The summed E-state index contributed by atoms with van der Waals surface area (Å²) in [5.41, 5.74) is -3.53. The fourth-order valence-corrected chi connectivity index (χ4v) is 10.1. The Morgan fingerprint density at radius 2 is 1.47 bits per heavy atom. The Labute approximate surface area is 220 Å². The zero-order chi connectivity index (χ0) is 27.8. The molecule has 1 aromatic rings. The number of hydrogen-bond donors (Lipinski definition) is 1. The van der Waals surface area contributed by atoms with E-state index in [1.165, 1.54) is 19.2 Å². The molecule has 1 aliphatic rings. The second-order valence-electron chi connectivity index (χ2n) is 12.7. The van der Waals surface area contributed by atoms with Crippen LogP contribution < -0.4 is 0 Å². The van der Waals surface area contributed by atoms with Crippen molar-refractivity contribution in [2.75, 3.05) is 12.9 Å². The lowest BCUT2D eigenvalue weighted by Gasteiger charge is -2.54. The van der Waals surface area contributed by atoms with Crippen LogP contribution in [0, 0.1) is 0 Å². The summed E-state index contributed by atoms with van der Waals surface area (Å²) in [5, 5.41) is 12.3. The molecule has 12 heteroatoms. The van der Waals surface area contributed by atoms with E-state index in [0.29, 0.717) is 0 Å². The standard InChI is InChI=1S/C24H44O8SSi3/c1-29-22(25)24(32-36(8,9)10)16-20(30-34(2,3)4)21(31-35(5,6)7)23(26,17-24)18-33(27,28)19-14-12-11-13-15-19/h11-15,20-21,26H,16-18H2,1-10H3/t20-,21+,23-,24-/m1/s1. The van der Waals surface area contributed by atoms with Crippen LogP contribution in [0.4, 0.5) is 0 Å². The predicted molar refractivity (Wildman–Crippen MR) is 148 cm³/mol. The summed E-state index contributed by atoms with van der Waals surface area (Å²) in [6.07, 6.45) is -1.89. The van der Waals surface area contributed by atoms with Crippen LogP contribution in [0.2, 0.25) is 58.9 Å².